The molecule has 0 aliphatic heterocycles. The van der Waals surface area contributed by atoms with E-state index in [-0.39, 0.29) is 4.91 Å². The SMILES string of the molecule is CCOc1ccc(/C=C(/Sc2nc3ccccc3o2)C(=O)O)cc1. The molecule has 0 saturated heterocycles. The van der Waals surface area contributed by atoms with Crippen molar-refractivity contribution in [2.45, 2.75) is 12.1 Å². The number of para-hydroxylation sites is 2. The van der Waals surface area contributed by atoms with Gasteiger partial charge in [0.25, 0.3) is 5.22 Å². The summed E-state index contributed by atoms with van der Waals surface area (Å²) in [5, 5.41) is 9.73. The Labute approximate surface area is 143 Å². The fourth-order valence-corrected chi connectivity index (χ4v) is 2.85. The van der Waals surface area contributed by atoms with Crippen molar-refractivity contribution in [3.63, 3.8) is 0 Å². The highest BCUT2D eigenvalue weighted by molar-refractivity contribution is 8.03. The standard InChI is InChI=1S/C18H15NO4S/c1-2-22-13-9-7-12(8-10-13)11-16(17(20)21)24-18-19-14-5-3-4-6-15(14)23-18/h3-11H,2H2,1H3,(H,20,21)/b16-11+. The van der Waals surface area contributed by atoms with Gasteiger partial charge in [0.05, 0.1) is 6.61 Å². The number of carboxylic acid groups (broad SMARTS) is 1. The lowest BCUT2D eigenvalue weighted by molar-refractivity contribution is -0.131. The molecule has 1 heterocycles. The van der Waals surface area contributed by atoms with Crippen LogP contribution in [0.1, 0.15) is 12.5 Å². The van der Waals surface area contributed by atoms with E-state index in [2.05, 4.69) is 4.98 Å². The Morgan fingerprint density at radius 3 is 2.67 bits per heavy atom. The van der Waals surface area contributed by atoms with Gasteiger partial charge in [0, 0.05) is 0 Å². The van der Waals surface area contributed by atoms with Crippen molar-refractivity contribution < 1.29 is 19.1 Å². The zero-order valence-corrected chi connectivity index (χ0v) is 13.7. The molecular weight excluding hydrogens is 326 g/mol. The number of carbonyl (C=O) groups is 1. The molecule has 0 bridgehead atoms. The molecule has 0 radical (unpaired) electrons. The minimum absolute atomic E-state index is 0.130. The Balaban J connectivity index is 1.84. The van der Waals surface area contributed by atoms with E-state index in [1.807, 2.05) is 25.1 Å². The Hall–Kier alpha value is -2.73. The maximum atomic E-state index is 11.5. The van der Waals surface area contributed by atoms with Crippen LogP contribution in [0.15, 0.2) is 63.1 Å². The maximum absolute atomic E-state index is 11.5. The van der Waals surface area contributed by atoms with Gasteiger partial charge in [-0.05, 0) is 54.6 Å². The number of rotatable bonds is 6. The first-order chi connectivity index (χ1) is 11.7. The number of benzene rings is 2. The number of hydrogen-bond acceptors (Lipinski definition) is 5. The third-order valence-electron chi connectivity index (χ3n) is 3.17. The number of oxazole rings is 1. The maximum Gasteiger partial charge on any atom is 0.342 e. The van der Waals surface area contributed by atoms with Gasteiger partial charge in [-0.1, -0.05) is 24.3 Å². The second kappa shape index (κ2) is 7.23. The van der Waals surface area contributed by atoms with E-state index in [9.17, 15) is 9.90 Å². The van der Waals surface area contributed by atoms with E-state index in [1.165, 1.54) is 0 Å². The molecule has 3 aromatic rings. The normalized spacial score (nSPS) is 11.6. The Bertz CT molecular complexity index is 850. The van der Waals surface area contributed by atoms with Gasteiger partial charge in [0.1, 0.15) is 16.2 Å². The minimum Gasteiger partial charge on any atom is -0.494 e. The molecule has 0 aliphatic rings. The van der Waals surface area contributed by atoms with Crippen molar-refractivity contribution in [2.75, 3.05) is 6.61 Å². The first kappa shape index (κ1) is 16.1. The second-order valence-corrected chi connectivity index (χ2v) is 5.86. The van der Waals surface area contributed by atoms with Crippen molar-refractivity contribution in [3.05, 3.63) is 59.0 Å². The van der Waals surface area contributed by atoms with E-state index in [0.29, 0.717) is 22.9 Å². The molecule has 2 aromatic carbocycles. The van der Waals surface area contributed by atoms with Crippen LogP contribution in [0.2, 0.25) is 0 Å². The molecule has 0 saturated carbocycles. The van der Waals surface area contributed by atoms with Gasteiger partial charge in [-0.25, -0.2) is 9.78 Å². The molecule has 24 heavy (non-hydrogen) atoms. The predicted octanol–water partition coefficient (Wildman–Crippen LogP) is 4.44. The van der Waals surface area contributed by atoms with Crippen molar-refractivity contribution in [2.24, 2.45) is 0 Å². The van der Waals surface area contributed by atoms with Crippen LogP contribution < -0.4 is 4.74 Å². The number of hydrogen-bond donors (Lipinski definition) is 1. The molecular formula is C18H15NO4S. The van der Waals surface area contributed by atoms with Crippen LogP contribution in [0.4, 0.5) is 0 Å². The van der Waals surface area contributed by atoms with Crippen LogP contribution in [-0.2, 0) is 4.79 Å². The number of nitrogens with zero attached hydrogens (tertiary/aromatic N) is 1. The summed E-state index contributed by atoms with van der Waals surface area (Å²) in [6.07, 6.45) is 1.58. The highest BCUT2D eigenvalue weighted by Crippen LogP contribution is 2.30. The topological polar surface area (TPSA) is 72.6 Å². The van der Waals surface area contributed by atoms with Gasteiger partial charge in [-0.3, -0.25) is 0 Å². The third-order valence-corrected chi connectivity index (χ3v) is 4.03. The largest absolute Gasteiger partial charge is 0.494 e. The molecule has 1 N–H and O–H groups in total. The average Bonchev–Trinajstić information content (AvgIpc) is 2.98. The van der Waals surface area contributed by atoms with Gasteiger partial charge >= 0.3 is 5.97 Å². The van der Waals surface area contributed by atoms with E-state index < -0.39 is 5.97 Å². The molecule has 122 valence electrons. The monoisotopic (exact) mass is 341 g/mol. The quantitative estimate of drug-likeness (QED) is 0.528. The van der Waals surface area contributed by atoms with Crippen molar-refractivity contribution in [1.82, 2.24) is 4.98 Å². The molecule has 0 fully saturated rings. The highest BCUT2D eigenvalue weighted by Gasteiger charge is 2.14. The van der Waals surface area contributed by atoms with Gasteiger partial charge in [0.2, 0.25) is 0 Å². The van der Waals surface area contributed by atoms with E-state index in [4.69, 9.17) is 9.15 Å². The fraction of sp³-hybridized carbons (Fsp3) is 0.111. The lowest BCUT2D eigenvalue weighted by atomic mass is 10.2. The highest BCUT2D eigenvalue weighted by atomic mass is 32.2. The Kier molecular flexibility index (Phi) is 4.86. The molecule has 1 aromatic heterocycles. The molecule has 3 rings (SSSR count). The smallest absolute Gasteiger partial charge is 0.342 e. The summed E-state index contributed by atoms with van der Waals surface area (Å²) in [7, 11) is 0. The summed E-state index contributed by atoms with van der Waals surface area (Å²) < 4.78 is 10.9. The van der Waals surface area contributed by atoms with Crippen molar-refractivity contribution in [3.8, 4) is 5.75 Å². The number of carboxylic acids is 1. The van der Waals surface area contributed by atoms with Gasteiger partial charge < -0.3 is 14.3 Å². The fourth-order valence-electron chi connectivity index (χ4n) is 2.10. The molecule has 0 spiro atoms. The van der Waals surface area contributed by atoms with Crippen LogP contribution in [0.5, 0.6) is 5.75 Å². The summed E-state index contributed by atoms with van der Waals surface area (Å²) in [4.78, 5) is 15.9. The molecule has 5 nitrogen and oxygen atoms in total. The Morgan fingerprint density at radius 2 is 2.00 bits per heavy atom. The minimum atomic E-state index is -1.03. The first-order valence-corrected chi connectivity index (χ1v) is 8.18. The van der Waals surface area contributed by atoms with Crippen molar-refractivity contribution in [1.29, 1.82) is 0 Å². The molecule has 6 heteroatoms. The Morgan fingerprint density at radius 1 is 1.25 bits per heavy atom. The van der Waals surface area contributed by atoms with Crippen molar-refractivity contribution >= 4 is 34.9 Å². The van der Waals surface area contributed by atoms with Crippen LogP contribution in [0.25, 0.3) is 17.2 Å². The van der Waals surface area contributed by atoms with E-state index >= 15 is 0 Å². The lowest BCUT2D eigenvalue weighted by Gasteiger charge is -2.03. The molecule has 0 amide bonds. The van der Waals surface area contributed by atoms with E-state index in [0.717, 1.165) is 23.1 Å². The molecule has 0 aliphatic carbocycles. The first-order valence-electron chi connectivity index (χ1n) is 7.37. The summed E-state index contributed by atoms with van der Waals surface area (Å²) >= 11 is 0.984. The zero-order valence-electron chi connectivity index (χ0n) is 12.9. The van der Waals surface area contributed by atoms with Crippen LogP contribution in [0.3, 0.4) is 0 Å². The van der Waals surface area contributed by atoms with E-state index in [1.54, 1.807) is 36.4 Å². The molecule has 0 unspecified atom stereocenters. The van der Waals surface area contributed by atoms with Gasteiger partial charge in [-0.15, -0.1) is 0 Å². The molecule has 0 atom stereocenters. The number of ether oxygens (including phenoxy) is 1. The number of aromatic nitrogens is 1. The zero-order chi connectivity index (χ0) is 16.9. The predicted molar refractivity (Wildman–Crippen MR) is 93.1 cm³/mol. The summed E-state index contributed by atoms with van der Waals surface area (Å²) in [6, 6.07) is 14.5. The number of thioether (sulfide) groups is 1. The third kappa shape index (κ3) is 3.78. The van der Waals surface area contributed by atoms with Crippen LogP contribution >= 0.6 is 11.8 Å². The summed E-state index contributed by atoms with van der Waals surface area (Å²) in [6.45, 7) is 2.50. The number of fused-ring (bicyclic) bond motifs is 1. The lowest BCUT2D eigenvalue weighted by Crippen LogP contribution is -1.97. The number of aliphatic carboxylic acids is 1. The summed E-state index contributed by atoms with van der Waals surface area (Å²) in [5.74, 6) is -0.283. The van der Waals surface area contributed by atoms with Crippen LogP contribution in [0, 0.1) is 0 Å². The van der Waals surface area contributed by atoms with Crippen LogP contribution in [-0.4, -0.2) is 22.7 Å². The summed E-state index contributed by atoms with van der Waals surface area (Å²) in [5.41, 5.74) is 2.09. The van der Waals surface area contributed by atoms with Gasteiger partial charge in [-0.2, -0.15) is 0 Å². The average molecular weight is 341 g/mol. The second-order valence-electron chi connectivity index (χ2n) is 4.87. The van der Waals surface area contributed by atoms with Gasteiger partial charge in [0.15, 0.2) is 5.58 Å².